The molecule has 1 N–H and O–H groups in total. The number of nitrogens with zero attached hydrogens (tertiary/aromatic N) is 3. The van der Waals surface area contributed by atoms with Crippen LogP contribution < -0.4 is 5.32 Å². The second kappa shape index (κ2) is 8.39. The van der Waals surface area contributed by atoms with Crippen LogP contribution in [0.1, 0.15) is 37.2 Å². The first-order valence-corrected chi connectivity index (χ1v) is 8.52. The van der Waals surface area contributed by atoms with Gasteiger partial charge in [0.2, 0.25) is 0 Å². The highest BCUT2D eigenvalue weighted by Gasteiger charge is 2.07. The molecule has 4 nitrogen and oxygen atoms in total. The molecule has 0 spiro atoms. The Kier molecular flexibility index (Phi) is 6.24. The van der Waals surface area contributed by atoms with Gasteiger partial charge in [-0.05, 0) is 51.6 Å². The van der Waals surface area contributed by atoms with Gasteiger partial charge in [-0.15, -0.1) is 0 Å². The molecule has 1 heterocycles. The Morgan fingerprint density at radius 2 is 2.04 bits per heavy atom. The predicted molar refractivity (Wildman–Crippen MR) is 102 cm³/mol. The zero-order valence-electron chi connectivity index (χ0n) is 15.4. The minimum absolute atomic E-state index is 0.958. The molecule has 4 heteroatoms. The maximum absolute atomic E-state index is 4.59. The molecule has 0 saturated heterocycles. The van der Waals surface area contributed by atoms with Crippen molar-refractivity contribution in [3.8, 4) is 5.69 Å². The lowest BCUT2D eigenvalue weighted by Gasteiger charge is -2.16. The Bertz CT molecular complexity index is 725. The highest BCUT2D eigenvalue weighted by molar-refractivity contribution is 5.66. The topological polar surface area (TPSA) is 33.1 Å². The van der Waals surface area contributed by atoms with Crippen LogP contribution in [0.3, 0.4) is 0 Å². The van der Waals surface area contributed by atoms with Crippen LogP contribution in [0.5, 0.6) is 0 Å². The second-order valence-corrected chi connectivity index (χ2v) is 5.96. The third kappa shape index (κ3) is 4.51. The van der Waals surface area contributed by atoms with E-state index in [0.717, 1.165) is 41.3 Å². The molecule has 2 aromatic rings. The second-order valence-electron chi connectivity index (χ2n) is 5.96. The van der Waals surface area contributed by atoms with Crippen LogP contribution in [0, 0.1) is 13.8 Å². The first-order valence-electron chi connectivity index (χ1n) is 8.52. The number of allylic oxidation sites excluding steroid dienone is 1. The van der Waals surface area contributed by atoms with E-state index in [4.69, 9.17) is 0 Å². The van der Waals surface area contributed by atoms with Crippen molar-refractivity contribution >= 4 is 5.70 Å². The summed E-state index contributed by atoms with van der Waals surface area (Å²) in [5.41, 5.74) is 5.46. The summed E-state index contributed by atoms with van der Waals surface area (Å²) in [6, 6.07) is 10.5. The number of nitrogens with one attached hydrogen (secondary N) is 1. The first-order chi connectivity index (χ1) is 11.5. The zero-order chi connectivity index (χ0) is 17.5. The Labute approximate surface area is 145 Å². The van der Waals surface area contributed by atoms with E-state index in [-0.39, 0.29) is 0 Å². The summed E-state index contributed by atoms with van der Waals surface area (Å²) < 4.78 is 1.99. The minimum atomic E-state index is 0.958. The van der Waals surface area contributed by atoms with Crippen LogP contribution in [0.4, 0.5) is 0 Å². The molecule has 1 aromatic carbocycles. The number of benzene rings is 1. The molecule has 0 fully saturated rings. The van der Waals surface area contributed by atoms with Gasteiger partial charge in [0, 0.05) is 31.0 Å². The van der Waals surface area contributed by atoms with Gasteiger partial charge in [-0.2, -0.15) is 5.10 Å². The molecule has 0 saturated carbocycles. The van der Waals surface area contributed by atoms with Crippen molar-refractivity contribution in [3.63, 3.8) is 0 Å². The fourth-order valence-corrected chi connectivity index (χ4v) is 2.47. The van der Waals surface area contributed by atoms with Crippen molar-refractivity contribution in [2.24, 2.45) is 0 Å². The largest absolute Gasteiger partial charge is 0.379 e. The molecule has 0 radical (unpaired) electrons. The van der Waals surface area contributed by atoms with Crippen molar-refractivity contribution < 1.29 is 0 Å². The molecule has 2 rings (SSSR count). The van der Waals surface area contributed by atoms with Gasteiger partial charge in [0.1, 0.15) is 0 Å². The maximum Gasteiger partial charge on any atom is 0.0655 e. The molecule has 24 heavy (non-hydrogen) atoms. The van der Waals surface area contributed by atoms with E-state index in [1.165, 1.54) is 0 Å². The van der Waals surface area contributed by atoms with E-state index in [2.05, 4.69) is 85.7 Å². The SMILES string of the molecule is CC/C=C\N/C(=C\N(C)CC)c1cccc(-n2nc(C)cc2C)c1. The summed E-state index contributed by atoms with van der Waals surface area (Å²) in [4.78, 5) is 2.16. The summed E-state index contributed by atoms with van der Waals surface area (Å²) in [5.74, 6) is 0. The van der Waals surface area contributed by atoms with Crippen LogP contribution in [0.2, 0.25) is 0 Å². The summed E-state index contributed by atoms with van der Waals surface area (Å²) in [6.45, 7) is 9.33. The molecule has 0 aliphatic heterocycles. The average Bonchev–Trinajstić information content (AvgIpc) is 2.92. The molecule has 0 unspecified atom stereocenters. The maximum atomic E-state index is 4.59. The molecule has 0 atom stereocenters. The van der Waals surface area contributed by atoms with Gasteiger partial charge in [-0.3, -0.25) is 0 Å². The Morgan fingerprint density at radius 1 is 1.25 bits per heavy atom. The van der Waals surface area contributed by atoms with Crippen LogP contribution in [-0.2, 0) is 0 Å². The van der Waals surface area contributed by atoms with Crippen LogP contribution >= 0.6 is 0 Å². The lowest BCUT2D eigenvalue weighted by molar-refractivity contribution is 0.484. The van der Waals surface area contributed by atoms with E-state index >= 15 is 0 Å². The third-order valence-corrected chi connectivity index (χ3v) is 3.85. The van der Waals surface area contributed by atoms with Crippen LogP contribution in [-0.4, -0.2) is 28.3 Å². The predicted octanol–water partition coefficient (Wildman–Crippen LogP) is 4.25. The summed E-state index contributed by atoms with van der Waals surface area (Å²) in [5, 5.41) is 8.00. The van der Waals surface area contributed by atoms with Gasteiger partial charge in [-0.1, -0.05) is 25.1 Å². The summed E-state index contributed by atoms with van der Waals surface area (Å²) >= 11 is 0. The zero-order valence-corrected chi connectivity index (χ0v) is 15.4. The lowest BCUT2D eigenvalue weighted by Crippen LogP contribution is -2.14. The highest BCUT2D eigenvalue weighted by atomic mass is 15.3. The number of aromatic nitrogens is 2. The molecule has 128 valence electrons. The Balaban J connectivity index is 2.39. The van der Waals surface area contributed by atoms with Gasteiger partial charge >= 0.3 is 0 Å². The van der Waals surface area contributed by atoms with Crippen molar-refractivity contribution in [3.05, 3.63) is 65.8 Å². The van der Waals surface area contributed by atoms with Crippen molar-refractivity contribution in [1.29, 1.82) is 0 Å². The standard InChI is InChI=1S/C20H28N4/c1-6-8-12-21-20(15-23(5)7-2)18-10-9-11-19(14-18)24-17(4)13-16(3)22-24/h8-15,21H,6-7H2,1-5H3/b12-8-,20-15-. The smallest absolute Gasteiger partial charge is 0.0655 e. The third-order valence-electron chi connectivity index (χ3n) is 3.85. The molecule has 0 bridgehead atoms. The fraction of sp³-hybridized carbons (Fsp3) is 0.350. The van der Waals surface area contributed by atoms with E-state index in [0.29, 0.717) is 0 Å². The summed E-state index contributed by atoms with van der Waals surface area (Å²) in [6.07, 6.45) is 7.27. The Hall–Kier alpha value is -2.49. The molecule has 0 amide bonds. The van der Waals surface area contributed by atoms with Crippen molar-refractivity contribution in [2.75, 3.05) is 13.6 Å². The average molecular weight is 324 g/mol. The molecule has 0 aliphatic rings. The molecule has 1 aromatic heterocycles. The van der Waals surface area contributed by atoms with Crippen molar-refractivity contribution in [1.82, 2.24) is 20.0 Å². The van der Waals surface area contributed by atoms with E-state index < -0.39 is 0 Å². The number of hydrogen-bond donors (Lipinski definition) is 1. The van der Waals surface area contributed by atoms with Gasteiger partial charge < -0.3 is 10.2 Å². The summed E-state index contributed by atoms with van der Waals surface area (Å²) in [7, 11) is 2.08. The van der Waals surface area contributed by atoms with Gasteiger partial charge in [0.15, 0.2) is 0 Å². The molecule has 0 aliphatic carbocycles. The number of rotatable bonds is 7. The van der Waals surface area contributed by atoms with E-state index in [9.17, 15) is 0 Å². The van der Waals surface area contributed by atoms with Gasteiger partial charge in [-0.25, -0.2) is 4.68 Å². The molecular formula is C20H28N4. The lowest BCUT2D eigenvalue weighted by atomic mass is 10.1. The van der Waals surface area contributed by atoms with Gasteiger partial charge in [0.05, 0.1) is 17.1 Å². The van der Waals surface area contributed by atoms with Gasteiger partial charge in [0.25, 0.3) is 0 Å². The van der Waals surface area contributed by atoms with Crippen molar-refractivity contribution in [2.45, 2.75) is 34.1 Å². The van der Waals surface area contributed by atoms with Crippen LogP contribution in [0.25, 0.3) is 11.4 Å². The fourth-order valence-electron chi connectivity index (χ4n) is 2.47. The number of aryl methyl sites for hydroxylation is 2. The van der Waals surface area contributed by atoms with E-state index in [1.807, 2.05) is 17.8 Å². The normalized spacial score (nSPS) is 12.0. The van der Waals surface area contributed by atoms with Crippen LogP contribution in [0.15, 0.2) is 48.8 Å². The first kappa shape index (κ1) is 17.9. The highest BCUT2D eigenvalue weighted by Crippen LogP contribution is 2.18. The monoisotopic (exact) mass is 324 g/mol. The Morgan fingerprint density at radius 3 is 2.67 bits per heavy atom. The quantitative estimate of drug-likeness (QED) is 0.826. The minimum Gasteiger partial charge on any atom is -0.379 e. The van der Waals surface area contributed by atoms with E-state index in [1.54, 1.807) is 0 Å². The number of hydrogen-bond acceptors (Lipinski definition) is 3. The molecular weight excluding hydrogens is 296 g/mol.